The van der Waals surface area contributed by atoms with Crippen molar-refractivity contribution in [2.24, 2.45) is 0 Å². The number of rotatable bonds is 3. The first-order valence-corrected chi connectivity index (χ1v) is 7.02. The predicted molar refractivity (Wildman–Crippen MR) is 81.0 cm³/mol. The van der Waals surface area contributed by atoms with Gasteiger partial charge in [-0.1, -0.05) is 15.9 Å². The first-order valence-electron chi connectivity index (χ1n) is 5.43. The maximum atomic E-state index is 12.1. The van der Waals surface area contributed by atoms with Crippen LogP contribution in [-0.4, -0.2) is 22.0 Å². The van der Waals surface area contributed by atoms with E-state index in [1.54, 1.807) is 18.2 Å². The molecule has 0 aliphatic carbocycles. The molecule has 2 rings (SSSR count). The molecule has 0 saturated carbocycles. The van der Waals surface area contributed by atoms with E-state index in [1.165, 1.54) is 18.3 Å². The molecule has 0 fully saturated rings. The SMILES string of the molecule is O=C(O)c1ccc(NC(=O)c2cc(Br)ccc2Br)nc1. The zero-order chi connectivity index (χ0) is 14.7. The van der Waals surface area contributed by atoms with Gasteiger partial charge in [0.05, 0.1) is 11.1 Å². The Hall–Kier alpha value is -1.73. The molecule has 20 heavy (non-hydrogen) atoms. The monoisotopic (exact) mass is 398 g/mol. The van der Waals surface area contributed by atoms with Crippen LogP contribution in [0.1, 0.15) is 20.7 Å². The fourth-order valence-electron chi connectivity index (χ4n) is 1.45. The van der Waals surface area contributed by atoms with Crippen LogP contribution in [0.2, 0.25) is 0 Å². The van der Waals surface area contributed by atoms with E-state index >= 15 is 0 Å². The zero-order valence-corrected chi connectivity index (χ0v) is 13.1. The van der Waals surface area contributed by atoms with Gasteiger partial charge in [-0.05, 0) is 46.3 Å². The van der Waals surface area contributed by atoms with E-state index in [9.17, 15) is 9.59 Å². The van der Waals surface area contributed by atoms with Gasteiger partial charge in [0.15, 0.2) is 0 Å². The van der Waals surface area contributed by atoms with Crippen LogP contribution in [0.4, 0.5) is 5.82 Å². The topological polar surface area (TPSA) is 79.3 Å². The van der Waals surface area contributed by atoms with E-state index in [0.29, 0.717) is 10.0 Å². The number of benzene rings is 1. The predicted octanol–water partition coefficient (Wildman–Crippen LogP) is 3.56. The van der Waals surface area contributed by atoms with Crippen molar-refractivity contribution in [1.82, 2.24) is 4.98 Å². The van der Waals surface area contributed by atoms with Crippen molar-refractivity contribution in [2.75, 3.05) is 5.32 Å². The van der Waals surface area contributed by atoms with Crippen LogP contribution in [0.15, 0.2) is 45.5 Å². The van der Waals surface area contributed by atoms with Crippen molar-refractivity contribution in [3.63, 3.8) is 0 Å². The molecule has 102 valence electrons. The molecular weight excluding hydrogens is 392 g/mol. The Morgan fingerprint density at radius 1 is 1.15 bits per heavy atom. The molecule has 1 heterocycles. The first-order chi connectivity index (χ1) is 9.47. The highest BCUT2D eigenvalue weighted by Gasteiger charge is 2.12. The number of aromatic carboxylic acids is 1. The molecule has 1 aromatic heterocycles. The van der Waals surface area contributed by atoms with E-state index in [0.717, 1.165) is 4.47 Å². The van der Waals surface area contributed by atoms with Crippen LogP contribution in [0.25, 0.3) is 0 Å². The second-order valence-corrected chi connectivity index (χ2v) is 5.59. The highest BCUT2D eigenvalue weighted by molar-refractivity contribution is 9.11. The lowest BCUT2D eigenvalue weighted by Crippen LogP contribution is -2.14. The third-order valence-electron chi connectivity index (χ3n) is 2.43. The summed E-state index contributed by atoms with van der Waals surface area (Å²) in [5.74, 6) is -1.12. The Balaban J connectivity index is 2.19. The van der Waals surface area contributed by atoms with Crippen LogP contribution in [0.3, 0.4) is 0 Å². The molecule has 2 aromatic rings. The van der Waals surface area contributed by atoms with Gasteiger partial charge in [0.2, 0.25) is 0 Å². The molecule has 7 heteroatoms. The molecule has 0 atom stereocenters. The number of nitrogens with zero attached hydrogens (tertiary/aromatic N) is 1. The average molecular weight is 400 g/mol. The maximum absolute atomic E-state index is 12.1. The first kappa shape index (κ1) is 14.7. The lowest BCUT2D eigenvalue weighted by molar-refractivity contribution is 0.0696. The van der Waals surface area contributed by atoms with E-state index in [1.807, 2.05) is 0 Å². The number of carboxylic acid groups (broad SMARTS) is 1. The molecule has 1 amide bonds. The van der Waals surface area contributed by atoms with Gasteiger partial charge in [0, 0.05) is 15.1 Å². The second kappa shape index (κ2) is 6.15. The summed E-state index contributed by atoms with van der Waals surface area (Å²) in [5.41, 5.74) is 0.509. The van der Waals surface area contributed by atoms with Gasteiger partial charge in [-0.25, -0.2) is 9.78 Å². The Morgan fingerprint density at radius 3 is 2.50 bits per heavy atom. The van der Waals surface area contributed by atoms with Crippen molar-refractivity contribution in [3.8, 4) is 0 Å². The van der Waals surface area contributed by atoms with Gasteiger partial charge in [-0.15, -0.1) is 0 Å². The Kier molecular flexibility index (Phi) is 4.51. The summed E-state index contributed by atoms with van der Waals surface area (Å²) in [5, 5.41) is 11.4. The number of carbonyl (C=O) groups is 2. The van der Waals surface area contributed by atoms with E-state index in [-0.39, 0.29) is 17.3 Å². The van der Waals surface area contributed by atoms with Crippen molar-refractivity contribution in [1.29, 1.82) is 0 Å². The Morgan fingerprint density at radius 2 is 1.90 bits per heavy atom. The van der Waals surface area contributed by atoms with Gasteiger partial charge < -0.3 is 10.4 Å². The summed E-state index contributed by atoms with van der Waals surface area (Å²) in [6.07, 6.45) is 1.19. The maximum Gasteiger partial charge on any atom is 0.337 e. The number of pyridine rings is 1. The molecule has 0 aliphatic heterocycles. The molecule has 0 radical (unpaired) electrons. The van der Waals surface area contributed by atoms with Gasteiger partial charge in [-0.2, -0.15) is 0 Å². The molecule has 5 nitrogen and oxygen atoms in total. The van der Waals surface area contributed by atoms with Crippen LogP contribution in [0.5, 0.6) is 0 Å². The molecule has 0 spiro atoms. The number of carbonyl (C=O) groups excluding carboxylic acids is 1. The van der Waals surface area contributed by atoms with Crippen molar-refractivity contribution >= 4 is 49.6 Å². The van der Waals surface area contributed by atoms with Gasteiger partial charge >= 0.3 is 5.97 Å². The Bertz CT molecular complexity index is 672. The summed E-state index contributed by atoms with van der Waals surface area (Å²) in [4.78, 5) is 26.7. The second-order valence-electron chi connectivity index (χ2n) is 3.82. The van der Waals surface area contributed by atoms with Crippen LogP contribution < -0.4 is 5.32 Å². The highest BCUT2D eigenvalue weighted by Crippen LogP contribution is 2.22. The van der Waals surface area contributed by atoms with Crippen LogP contribution in [-0.2, 0) is 0 Å². The minimum absolute atomic E-state index is 0.0617. The number of nitrogens with one attached hydrogen (secondary N) is 1. The number of aromatic nitrogens is 1. The molecule has 0 saturated heterocycles. The lowest BCUT2D eigenvalue weighted by atomic mass is 10.2. The molecular formula is C13H8Br2N2O3. The number of carboxylic acids is 1. The average Bonchev–Trinajstić information content (AvgIpc) is 2.42. The van der Waals surface area contributed by atoms with Crippen LogP contribution >= 0.6 is 31.9 Å². The zero-order valence-electron chi connectivity index (χ0n) is 9.93. The largest absolute Gasteiger partial charge is 0.478 e. The van der Waals surface area contributed by atoms with E-state index in [2.05, 4.69) is 42.2 Å². The number of anilines is 1. The number of halogens is 2. The van der Waals surface area contributed by atoms with Crippen LogP contribution in [0, 0.1) is 0 Å². The third kappa shape index (κ3) is 3.43. The van der Waals surface area contributed by atoms with Crippen molar-refractivity contribution in [3.05, 3.63) is 56.6 Å². The minimum Gasteiger partial charge on any atom is -0.478 e. The summed E-state index contributed by atoms with van der Waals surface area (Å²) in [6, 6.07) is 8.04. The van der Waals surface area contributed by atoms with Gasteiger partial charge in [-0.3, -0.25) is 4.79 Å². The number of hydrogen-bond acceptors (Lipinski definition) is 3. The molecule has 0 unspecified atom stereocenters. The van der Waals surface area contributed by atoms with Crippen molar-refractivity contribution < 1.29 is 14.7 Å². The highest BCUT2D eigenvalue weighted by atomic mass is 79.9. The lowest BCUT2D eigenvalue weighted by Gasteiger charge is -2.07. The Labute approximate surface area is 131 Å². The molecule has 1 aromatic carbocycles. The standard InChI is InChI=1S/C13H8Br2N2O3/c14-8-2-3-10(15)9(5-8)12(18)17-11-4-1-7(6-16-11)13(19)20/h1-6H,(H,19,20)(H,16,17,18). The fraction of sp³-hybridized carbons (Fsp3) is 0. The quantitative estimate of drug-likeness (QED) is 0.826. The summed E-state index contributed by atoms with van der Waals surface area (Å²) >= 11 is 6.59. The minimum atomic E-state index is -1.06. The molecule has 2 N–H and O–H groups in total. The summed E-state index contributed by atoms with van der Waals surface area (Å²) in [6.45, 7) is 0. The smallest absolute Gasteiger partial charge is 0.337 e. The summed E-state index contributed by atoms with van der Waals surface area (Å²) in [7, 11) is 0. The molecule has 0 aliphatic rings. The van der Waals surface area contributed by atoms with Gasteiger partial charge in [0.1, 0.15) is 5.82 Å². The molecule has 0 bridgehead atoms. The van der Waals surface area contributed by atoms with Crippen molar-refractivity contribution in [2.45, 2.75) is 0 Å². The summed E-state index contributed by atoms with van der Waals surface area (Å²) < 4.78 is 1.43. The third-order valence-corrected chi connectivity index (χ3v) is 3.61. The van der Waals surface area contributed by atoms with E-state index < -0.39 is 5.97 Å². The fourth-order valence-corrected chi connectivity index (χ4v) is 2.24. The van der Waals surface area contributed by atoms with E-state index in [4.69, 9.17) is 5.11 Å². The normalized spacial score (nSPS) is 10.1. The number of hydrogen-bond donors (Lipinski definition) is 2. The number of amides is 1. The van der Waals surface area contributed by atoms with Gasteiger partial charge in [0.25, 0.3) is 5.91 Å².